The van der Waals surface area contributed by atoms with Crippen LogP contribution >= 0.6 is 15.9 Å². The minimum absolute atomic E-state index is 0.0874. The molecule has 1 nitrogen and oxygen atoms in total. The second-order valence-electron chi connectivity index (χ2n) is 3.31. The Balaban J connectivity index is 2.52. The van der Waals surface area contributed by atoms with Crippen LogP contribution in [-0.4, -0.2) is 6.61 Å². The van der Waals surface area contributed by atoms with Crippen LogP contribution in [0.1, 0.15) is 17.5 Å². The van der Waals surface area contributed by atoms with Gasteiger partial charge in [0.1, 0.15) is 0 Å². The summed E-state index contributed by atoms with van der Waals surface area (Å²) in [6.07, 6.45) is -0.240. The molecule has 0 saturated heterocycles. The first-order valence-corrected chi connectivity index (χ1v) is 5.13. The van der Waals surface area contributed by atoms with Crippen LogP contribution in [0.15, 0.2) is 22.7 Å². The Kier molecular flexibility index (Phi) is 2.58. The van der Waals surface area contributed by atoms with Crippen molar-refractivity contribution in [2.24, 2.45) is 0 Å². The highest BCUT2D eigenvalue weighted by molar-refractivity contribution is 9.10. The third-order valence-electron chi connectivity index (χ3n) is 2.28. The van der Waals surface area contributed by atoms with E-state index < -0.39 is 5.92 Å². The SMILES string of the molecule is FC1(F)CCOCc2ccc(Br)cc21. The molecule has 0 radical (unpaired) electrons. The van der Waals surface area contributed by atoms with Gasteiger partial charge in [-0.25, -0.2) is 8.78 Å². The molecule has 0 N–H and O–H groups in total. The summed E-state index contributed by atoms with van der Waals surface area (Å²) in [4.78, 5) is 0. The van der Waals surface area contributed by atoms with E-state index in [1.54, 1.807) is 12.1 Å². The standard InChI is InChI=1S/C10H9BrF2O/c11-8-2-1-7-6-14-4-3-10(12,13)9(7)5-8/h1-2,5H,3-4,6H2. The van der Waals surface area contributed by atoms with Gasteiger partial charge in [0.15, 0.2) is 0 Å². The van der Waals surface area contributed by atoms with Crippen LogP contribution in [0.3, 0.4) is 0 Å². The van der Waals surface area contributed by atoms with Gasteiger partial charge in [-0.2, -0.15) is 0 Å². The number of alkyl halides is 2. The zero-order chi connectivity index (χ0) is 10.2. The topological polar surface area (TPSA) is 9.23 Å². The van der Waals surface area contributed by atoms with E-state index in [0.29, 0.717) is 10.0 Å². The molecule has 0 bridgehead atoms. The fourth-order valence-electron chi connectivity index (χ4n) is 1.53. The van der Waals surface area contributed by atoms with Crippen LogP contribution < -0.4 is 0 Å². The molecule has 0 atom stereocenters. The van der Waals surface area contributed by atoms with Gasteiger partial charge >= 0.3 is 0 Å². The van der Waals surface area contributed by atoms with Crippen LogP contribution in [0.2, 0.25) is 0 Å². The van der Waals surface area contributed by atoms with E-state index >= 15 is 0 Å². The first kappa shape index (κ1) is 10.1. The lowest BCUT2D eigenvalue weighted by Crippen LogP contribution is -2.14. The molecular weight excluding hydrogens is 254 g/mol. The van der Waals surface area contributed by atoms with Crippen molar-refractivity contribution in [1.29, 1.82) is 0 Å². The summed E-state index contributed by atoms with van der Waals surface area (Å²) in [7, 11) is 0. The van der Waals surface area contributed by atoms with Gasteiger partial charge in [0.05, 0.1) is 13.2 Å². The molecule has 0 saturated carbocycles. The maximum absolute atomic E-state index is 13.5. The zero-order valence-corrected chi connectivity index (χ0v) is 8.98. The molecule has 1 aliphatic rings. The summed E-state index contributed by atoms with van der Waals surface area (Å²) in [6.45, 7) is 0.386. The lowest BCUT2D eigenvalue weighted by molar-refractivity contribution is -0.0296. The molecule has 0 spiro atoms. The molecule has 1 aliphatic heterocycles. The molecular formula is C10H9BrF2O. The second kappa shape index (κ2) is 3.59. The summed E-state index contributed by atoms with van der Waals surface area (Å²) in [5.74, 6) is -2.77. The van der Waals surface area contributed by atoms with Gasteiger partial charge in [0, 0.05) is 16.5 Å². The van der Waals surface area contributed by atoms with Crippen molar-refractivity contribution < 1.29 is 13.5 Å². The van der Waals surface area contributed by atoms with E-state index in [9.17, 15) is 8.78 Å². The quantitative estimate of drug-likeness (QED) is 0.696. The molecule has 76 valence electrons. The molecule has 14 heavy (non-hydrogen) atoms. The minimum Gasteiger partial charge on any atom is -0.377 e. The molecule has 0 fully saturated rings. The monoisotopic (exact) mass is 262 g/mol. The Morgan fingerprint density at radius 2 is 2.14 bits per heavy atom. The highest BCUT2D eigenvalue weighted by Gasteiger charge is 2.35. The van der Waals surface area contributed by atoms with Crippen LogP contribution in [0.25, 0.3) is 0 Å². The van der Waals surface area contributed by atoms with Crippen molar-refractivity contribution in [3.63, 3.8) is 0 Å². The van der Waals surface area contributed by atoms with Gasteiger partial charge in [0.25, 0.3) is 5.92 Å². The number of halogens is 3. The smallest absolute Gasteiger partial charge is 0.275 e. The first-order chi connectivity index (χ1) is 6.59. The van der Waals surface area contributed by atoms with E-state index in [4.69, 9.17) is 4.74 Å². The average Bonchev–Trinajstić information content (AvgIpc) is 2.26. The van der Waals surface area contributed by atoms with Gasteiger partial charge in [-0.15, -0.1) is 0 Å². The van der Waals surface area contributed by atoms with Crippen LogP contribution in [-0.2, 0) is 17.3 Å². The van der Waals surface area contributed by atoms with Gasteiger partial charge in [-0.3, -0.25) is 0 Å². The third kappa shape index (κ3) is 1.81. The highest BCUT2D eigenvalue weighted by atomic mass is 79.9. The average molecular weight is 263 g/mol. The fraction of sp³-hybridized carbons (Fsp3) is 0.400. The van der Waals surface area contributed by atoms with E-state index in [2.05, 4.69) is 15.9 Å². The second-order valence-corrected chi connectivity index (χ2v) is 4.22. The highest BCUT2D eigenvalue weighted by Crippen LogP contribution is 2.37. The molecule has 0 amide bonds. The lowest BCUT2D eigenvalue weighted by Gasteiger charge is -2.15. The molecule has 0 aliphatic carbocycles. The molecule has 1 heterocycles. The van der Waals surface area contributed by atoms with E-state index in [-0.39, 0.29) is 25.2 Å². The third-order valence-corrected chi connectivity index (χ3v) is 2.78. The Labute approximate surface area is 89.2 Å². The number of fused-ring (bicyclic) bond motifs is 1. The number of hydrogen-bond donors (Lipinski definition) is 0. The van der Waals surface area contributed by atoms with Crippen molar-refractivity contribution in [3.05, 3.63) is 33.8 Å². The van der Waals surface area contributed by atoms with Gasteiger partial charge < -0.3 is 4.74 Å². The normalized spacial score (nSPS) is 19.9. The fourth-order valence-corrected chi connectivity index (χ4v) is 1.89. The Hall–Kier alpha value is -0.480. The van der Waals surface area contributed by atoms with Crippen molar-refractivity contribution in [3.8, 4) is 0 Å². The van der Waals surface area contributed by atoms with Crippen molar-refractivity contribution >= 4 is 15.9 Å². The molecule has 0 unspecified atom stereocenters. The number of rotatable bonds is 0. The van der Waals surface area contributed by atoms with E-state index in [0.717, 1.165) is 0 Å². The lowest BCUT2D eigenvalue weighted by atomic mass is 10.0. The van der Waals surface area contributed by atoms with Crippen molar-refractivity contribution in [1.82, 2.24) is 0 Å². The van der Waals surface area contributed by atoms with Gasteiger partial charge in [-0.1, -0.05) is 22.0 Å². The Morgan fingerprint density at radius 3 is 2.93 bits per heavy atom. The van der Waals surface area contributed by atoms with Gasteiger partial charge in [-0.05, 0) is 17.7 Å². The number of ether oxygens (including phenoxy) is 1. The molecule has 2 rings (SSSR count). The largest absolute Gasteiger partial charge is 0.377 e. The Bertz CT molecular complexity index is 352. The summed E-state index contributed by atoms with van der Waals surface area (Å²) >= 11 is 3.19. The van der Waals surface area contributed by atoms with Crippen molar-refractivity contribution in [2.75, 3.05) is 6.61 Å². The van der Waals surface area contributed by atoms with Crippen LogP contribution in [0.5, 0.6) is 0 Å². The summed E-state index contributed by atoms with van der Waals surface area (Å²) in [5.41, 5.74) is 0.667. The molecule has 0 aromatic heterocycles. The maximum Gasteiger partial charge on any atom is 0.275 e. The van der Waals surface area contributed by atoms with Crippen LogP contribution in [0, 0.1) is 0 Å². The molecule has 1 aromatic carbocycles. The first-order valence-electron chi connectivity index (χ1n) is 4.34. The number of benzene rings is 1. The van der Waals surface area contributed by atoms with Crippen LogP contribution in [0.4, 0.5) is 8.78 Å². The summed E-state index contributed by atoms with van der Waals surface area (Å²) < 4.78 is 32.9. The Morgan fingerprint density at radius 1 is 1.36 bits per heavy atom. The maximum atomic E-state index is 13.5. The summed E-state index contributed by atoms with van der Waals surface area (Å²) in [5, 5.41) is 0. The zero-order valence-electron chi connectivity index (χ0n) is 7.40. The number of hydrogen-bond acceptors (Lipinski definition) is 1. The summed E-state index contributed by atoms with van der Waals surface area (Å²) in [6, 6.07) is 4.91. The predicted octanol–water partition coefficient (Wildman–Crippen LogP) is 3.46. The van der Waals surface area contributed by atoms with E-state index in [1.165, 1.54) is 6.07 Å². The van der Waals surface area contributed by atoms with E-state index in [1.807, 2.05) is 0 Å². The molecule has 1 aromatic rings. The predicted molar refractivity (Wildman–Crippen MR) is 52.3 cm³/mol. The molecule has 4 heteroatoms. The minimum atomic E-state index is -2.77. The van der Waals surface area contributed by atoms with Gasteiger partial charge in [0.2, 0.25) is 0 Å². The van der Waals surface area contributed by atoms with Crippen molar-refractivity contribution in [2.45, 2.75) is 19.0 Å².